The van der Waals surface area contributed by atoms with Crippen LogP contribution in [0.5, 0.6) is 0 Å². The van der Waals surface area contributed by atoms with E-state index in [4.69, 9.17) is 9.47 Å². The molecule has 0 saturated heterocycles. The van der Waals surface area contributed by atoms with Gasteiger partial charge in [-0.15, -0.1) is 0 Å². The summed E-state index contributed by atoms with van der Waals surface area (Å²) in [5.41, 5.74) is 0. The average Bonchev–Trinajstić information content (AvgIpc) is 2.27. The molecule has 0 aromatic heterocycles. The van der Waals surface area contributed by atoms with Gasteiger partial charge in [-0.2, -0.15) is 0 Å². The molecule has 2 nitrogen and oxygen atoms in total. The van der Waals surface area contributed by atoms with Crippen LogP contribution in [0.3, 0.4) is 0 Å². The van der Waals surface area contributed by atoms with Crippen LogP contribution in [-0.4, -0.2) is 18.0 Å². The molecule has 0 bridgehead atoms. The van der Waals surface area contributed by atoms with Crippen molar-refractivity contribution < 1.29 is 9.47 Å². The zero-order valence-corrected chi connectivity index (χ0v) is 13.4. The van der Waals surface area contributed by atoms with Crippen molar-refractivity contribution in [3.8, 4) is 0 Å². The van der Waals surface area contributed by atoms with E-state index in [0.717, 1.165) is 12.8 Å². The Morgan fingerprint density at radius 3 is 1.67 bits per heavy atom. The second kappa shape index (κ2) is 9.80. The van der Waals surface area contributed by atoms with Gasteiger partial charge in [0.2, 0.25) is 0 Å². The fourth-order valence-electron chi connectivity index (χ4n) is 2.35. The predicted molar refractivity (Wildman–Crippen MR) is 78.8 cm³/mol. The highest BCUT2D eigenvalue weighted by Crippen LogP contribution is 2.28. The van der Waals surface area contributed by atoms with Crippen LogP contribution < -0.4 is 0 Å². The third-order valence-corrected chi connectivity index (χ3v) is 3.10. The largest absolute Gasteiger partial charge is 0.347 e. The number of ether oxygens (including phenoxy) is 2. The van der Waals surface area contributed by atoms with Gasteiger partial charge in [-0.1, -0.05) is 39.5 Å². The van der Waals surface area contributed by atoms with Crippen molar-refractivity contribution in [3.63, 3.8) is 0 Å². The van der Waals surface area contributed by atoms with Crippen molar-refractivity contribution in [2.75, 3.05) is 0 Å². The van der Waals surface area contributed by atoms with Gasteiger partial charge in [0.05, 0.1) is 12.2 Å². The highest BCUT2D eigenvalue weighted by molar-refractivity contribution is 4.71. The highest BCUT2D eigenvalue weighted by atomic mass is 16.7. The maximum atomic E-state index is 6.08. The van der Waals surface area contributed by atoms with Crippen molar-refractivity contribution in [3.05, 3.63) is 0 Å². The van der Waals surface area contributed by atoms with Crippen molar-refractivity contribution in [1.29, 1.82) is 0 Å². The fraction of sp³-hybridized carbons (Fsp3) is 1.00. The molecular formula is C16H34O2. The monoisotopic (exact) mass is 258 g/mol. The van der Waals surface area contributed by atoms with E-state index in [-0.39, 0.29) is 18.0 Å². The summed E-state index contributed by atoms with van der Waals surface area (Å²) in [7, 11) is 0. The summed E-state index contributed by atoms with van der Waals surface area (Å²) in [5, 5.41) is 0. The SMILES string of the molecule is CCCCCCCC(CC)(OC(C)C)OC(C)C. The minimum absolute atomic E-state index is 0.222. The van der Waals surface area contributed by atoms with Crippen LogP contribution in [0.25, 0.3) is 0 Å². The molecule has 0 saturated carbocycles. The topological polar surface area (TPSA) is 18.5 Å². The molecule has 0 unspecified atom stereocenters. The standard InChI is InChI=1S/C16H34O2/c1-7-9-10-11-12-13-16(8-2,17-14(3)4)18-15(5)6/h14-15H,7-13H2,1-6H3. The number of hydrogen-bond acceptors (Lipinski definition) is 2. The molecule has 0 N–H and O–H groups in total. The van der Waals surface area contributed by atoms with E-state index in [9.17, 15) is 0 Å². The Kier molecular flexibility index (Phi) is 9.76. The predicted octanol–water partition coefficient (Wildman–Crippen LogP) is 5.30. The molecule has 0 fully saturated rings. The van der Waals surface area contributed by atoms with E-state index >= 15 is 0 Å². The molecule has 0 amide bonds. The van der Waals surface area contributed by atoms with Crippen LogP contribution in [0.1, 0.15) is 86.5 Å². The first-order valence-corrected chi connectivity index (χ1v) is 7.81. The minimum Gasteiger partial charge on any atom is -0.347 e. The third-order valence-electron chi connectivity index (χ3n) is 3.10. The summed E-state index contributed by atoms with van der Waals surface area (Å²) in [6, 6.07) is 0. The summed E-state index contributed by atoms with van der Waals surface area (Å²) >= 11 is 0. The first-order valence-electron chi connectivity index (χ1n) is 7.81. The van der Waals surface area contributed by atoms with Gasteiger partial charge in [-0.3, -0.25) is 0 Å². The summed E-state index contributed by atoms with van der Waals surface area (Å²) < 4.78 is 12.2. The van der Waals surface area contributed by atoms with E-state index < -0.39 is 0 Å². The Morgan fingerprint density at radius 2 is 1.28 bits per heavy atom. The molecule has 110 valence electrons. The average molecular weight is 258 g/mol. The van der Waals surface area contributed by atoms with Crippen molar-refractivity contribution in [1.82, 2.24) is 0 Å². The van der Waals surface area contributed by atoms with E-state index in [1.165, 1.54) is 32.1 Å². The van der Waals surface area contributed by atoms with Gasteiger partial charge in [0.1, 0.15) is 0 Å². The number of unbranched alkanes of at least 4 members (excludes halogenated alkanes) is 4. The van der Waals surface area contributed by atoms with Gasteiger partial charge < -0.3 is 9.47 Å². The zero-order chi connectivity index (χ0) is 14.0. The fourth-order valence-corrected chi connectivity index (χ4v) is 2.35. The van der Waals surface area contributed by atoms with Crippen LogP contribution >= 0.6 is 0 Å². The van der Waals surface area contributed by atoms with Crippen molar-refractivity contribution in [2.24, 2.45) is 0 Å². The molecule has 0 radical (unpaired) electrons. The van der Waals surface area contributed by atoms with E-state index in [1.54, 1.807) is 0 Å². The molecule has 0 aliphatic carbocycles. The Bertz CT molecular complexity index is 178. The Balaban J connectivity index is 4.25. The van der Waals surface area contributed by atoms with Crippen LogP contribution in [0.15, 0.2) is 0 Å². The van der Waals surface area contributed by atoms with E-state index in [0.29, 0.717) is 0 Å². The van der Waals surface area contributed by atoms with Gasteiger partial charge in [0.15, 0.2) is 5.79 Å². The van der Waals surface area contributed by atoms with E-state index in [1.807, 2.05) is 0 Å². The molecule has 0 aliphatic rings. The number of rotatable bonds is 11. The zero-order valence-electron chi connectivity index (χ0n) is 13.4. The summed E-state index contributed by atoms with van der Waals surface area (Å²) in [5.74, 6) is -0.367. The van der Waals surface area contributed by atoms with E-state index in [2.05, 4.69) is 41.5 Å². The summed E-state index contributed by atoms with van der Waals surface area (Å²) in [6.45, 7) is 12.8. The normalized spacial score (nSPS) is 12.7. The molecule has 0 aromatic carbocycles. The maximum absolute atomic E-state index is 6.08. The molecule has 18 heavy (non-hydrogen) atoms. The summed E-state index contributed by atoms with van der Waals surface area (Å²) in [6.07, 6.45) is 8.85. The summed E-state index contributed by atoms with van der Waals surface area (Å²) in [4.78, 5) is 0. The third kappa shape index (κ3) is 8.10. The Morgan fingerprint density at radius 1 is 0.778 bits per heavy atom. The lowest BCUT2D eigenvalue weighted by Crippen LogP contribution is -2.39. The quantitative estimate of drug-likeness (QED) is 0.369. The second-order valence-electron chi connectivity index (χ2n) is 5.76. The molecule has 2 heteroatoms. The van der Waals surface area contributed by atoms with Gasteiger partial charge in [0, 0.05) is 6.42 Å². The molecule has 0 spiro atoms. The molecule has 0 heterocycles. The lowest BCUT2D eigenvalue weighted by atomic mass is 10.0. The lowest BCUT2D eigenvalue weighted by Gasteiger charge is -2.36. The first-order chi connectivity index (χ1) is 8.45. The Hall–Kier alpha value is -0.0800. The molecule has 0 atom stereocenters. The van der Waals surface area contributed by atoms with Gasteiger partial charge >= 0.3 is 0 Å². The van der Waals surface area contributed by atoms with Crippen LogP contribution in [0.4, 0.5) is 0 Å². The van der Waals surface area contributed by atoms with Crippen LogP contribution in [0.2, 0.25) is 0 Å². The minimum atomic E-state index is -0.367. The molecule has 0 rings (SSSR count). The first kappa shape index (κ1) is 17.9. The molecular weight excluding hydrogens is 224 g/mol. The maximum Gasteiger partial charge on any atom is 0.168 e. The smallest absolute Gasteiger partial charge is 0.168 e. The van der Waals surface area contributed by atoms with Gasteiger partial charge in [-0.05, 0) is 40.5 Å². The molecule has 0 aromatic rings. The molecule has 0 aliphatic heterocycles. The Labute approximate surface area is 114 Å². The lowest BCUT2D eigenvalue weighted by molar-refractivity contribution is -0.274. The van der Waals surface area contributed by atoms with Gasteiger partial charge in [0.25, 0.3) is 0 Å². The van der Waals surface area contributed by atoms with Crippen LogP contribution in [-0.2, 0) is 9.47 Å². The second-order valence-corrected chi connectivity index (χ2v) is 5.76. The van der Waals surface area contributed by atoms with Crippen molar-refractivity contribution in [2.45, 2.75) is 104 Å². The number of hydrogen-bond donors (Lipinski definition) is 0. The highest BCUT2D eigenvalue weighted by Gasteiger charge is 2.31. The van der Waals surface area contributed by atoms with Crippen LogP contribution in [0, 0.1) is 0 Å². The van der Waals surface area contributed by atoms with Crippen molar-refractivity contribution >= 4 is 0 Å². The van der Waals surface area contributed by atoms with Gasteiger partial charge in [-0.25, -0.2) is 0 Å².